The monoisotopic (exact) mass is 354 g/mol. The van der Waals surface area contributed by atoms with Gasteiger partial charge in [-0.2, -0.15) is 5.10 Å². The number of carbonyl (C=O) groups excluding carboxylic acids is 2. The number of nitrogens with zero attached hydrogens (tertiary/aromatic N) is 2. The van der Waals surface area contributed by atoms with Gasteiger partial charge in [-0.3, -0.25) is 14.6 Å². The summed E-state index contributed by atoms with van der Waals surface area (Å²) in [4.78, 5) is 27.9. The third kappa shape index (κ3) is 4.56. The summed E-state index contributed by atoms with van der Waals surface area (Å²) < 4.78 is 10.9. The zero-order valence-electron chi connectivity index (χ0n) is 14.2. The average Bonchev–Trinajstić information content (AvgIpc) is 2.66. The number of nitrogens with one attached hydrogen (secondary N) is 2. The highest BCUT2D eigenvalue weighted by atomic mass is 16.6. The molecule has 0 radical (unpaired) electrons. The maximum atomic E-state index is 12.1. The molecule has 2 amide bonds. The lowest BCUT2D eigenvalue weighted by Gasteiger charge is -2.19. The lowest BCUT2D eigenvalue weighted by atomic mass is 10.2. The Bertz CT molecular complexity index is 836. The van der Waals surface area contributed by atoms with Gasteiger partial charge in [0.2, 0.25) is 5.91 Å². The number of aromatic nitrogens is 1. The molecule has 0 saturated carbocycles. The van der Waals surface area contributed by atoms with Crippen LogP contribution in [0.5, 0.6) is 11.5 Å². The Hall–Kier alpha value is -3.42. The van der Waals surface area contributed by atoms with Gasteiger partial charge in [-0.15, -0.1) is 0 Å². The van der Waals surface area contributed by atoms with Crippen molar-refractivity contribution in [3.8, 4) is 11.5 Å². The van der Waals surface area contributed by atoms with E-state index in [4.69, 9.17) is 9.47 Å². The van der Waals surface area contributed by atoms with Gasteiger partial charge >= 0.3 is 0 Å². The Morgan fingerprint density at radius 3 is 2.77 bits per heavy atom. The number of carbonyl (C=O) groups is 2. The Kier molecular flexibility index (Phi) is 5.43. The summed E-state index contributed by atoms with van der Waals surface area (Å²) in [6.45, 7) is 2.65. The molecule has 0 aliphatic carbocycles. The summed E-state index contributed by atoms with van der Waals surface area (Å²) in [5.41, 5.74) is 3.87. The van der Waals surface area contributed by atoms with E-state index in [1.807, 2.05) is 0 Å². The van der Waals surface area contributed by atoms with Gasteiger partial charge in [-0.25, -0.2) is 5.43 Å². The number of hydrogen-bond donors (Lipinski definition) is 2. The molecule has 0 spiro atoms. The molecule has 8 nitrogen and oxygen atoms in total. The maximum absolute atomic E-state index is 12.1. The molecule has 2 N–H and O–H groups in total. The Morgan fingerprint density at radius 2 is 2.00 bits per heavy atom. The van der Waals surface area contributed by atoms with Crippen molar-refractivity contribution in [2.45, 2.75) is 13.3 Å². The Labute approximate surface area is 150 Å². The van der Waals surface area contributed by atoms with Crippen LogP contribution < -0.4 is 20.2 Å². The number of rotatable bonds is 5. The van der Waals surface area contributed by atoms with Crippen molar-refractivity contribution in [1.29, 1.82) is 0 Å². The van der Waals surface area contributed by atoms with E-state index in [1.54, 1.807) is 43.5 Å². The maximum Gasteiger partial charge on any atom is 0.272 e. The van der Waals surface area contributed by atoms with Crippen LogP contribution in [0.25, 0.3) is 0 Å². The lowest BCUT2D eigenvalue weighted by molar-refractivity contribution is -0.115. The van der Waals surface area contributed by atoms with E-state index < -0.39 is 0 Å². The fourth-order valence-electron chi connectivity index (χ4n) is 2.31. The predicted octanol–water partition coefficient (Wildman–Crippen LogP) is 1.99. The first kappa shape index (κ1) is 17.4. The van der Waals surface area contributed by atoms with E-state index in [2.05, 4.69) is 20.8 Å². The predicted molar refractivity (Wildman–Crippen MR) is 95.5 cm³/mol. The van der Waals surface area contributed by atoms with Crippen molar-refractivity contribution >= 4 is 23.2 Å². The molecule has 0 bridgehead atoms. The van der Waals surface area contributed by atoms with Gasteiger partial charge in [0.15, 0.2) is 11.5 Å². The number of anilines is 1. The van der Waals surface area contributed by atoms with Crippen LogP contribution in [0, 0.1) is 0 Å². The topological polar surface area (TPSA) is 102 Å². The van der Waals surface area contributed by atoms with Crippen LogP contribution in [0.2, 0.25) is 0 Å². The molecule has 0 unspecified atom stereocenters. The molecule has 134 valence electrons. The highest BCUT2D eigenvalue weighted by Crippen LogP contribution is 2.32. The first-order chi connectivity index (χ1) is 12.6. The zero-order valence-corrected chi connectivity index (χ0v) is 14.2. The van der Waals surface area contributed by atoms with Crippen molar-refractivity contribution < 1.29 is 19.1 Å². The summed E-state index contributed by atoms with van der Waals surface area (Å²) in [6.07, 6.45) is 3.06. The minimum atomic E-state index is -0.385. The number of amides is 2. The summed E-state index contributed by atoms with van der Waals surface area (Å²) >= 11 is 0. The normalized spacial score (nSPS) is 13.0. The molecule has 1 aromatic carbocycles. The molecule has 0 atom stereocenters. The van der Waals surface area contributed by atoms with Crippen molar-refractivity contribution in [1.82, 2.24) is 10.4 Å². The standard InChI is InChI=1S/C18H18N4O4/c1-12(21-22-18(24)13-3-2-6-19-11-13)9-17(23)20-14-4-5-15-16(10-14)26-8-7-25-15/h2-6,10-11H,7-9H2,1H3,(H,20,23)(H,22,24). The van der Waals surface area contributed by atoms with E-state index in [1.165, 1.54) is 6.20 Å². The van der Waals surface area contributed by atoms with Crippen LogP contribution in [-0.2, 0) is 4.79 Å². The highest BCUT2D eigenvalue weighted by molar-refractivity contribution is 6.06. The lowest BCUT2D eigenvalue weighted by Crippen LogP contribution is -2.21. The van der Waals surface area contributed by atoms with E-state index >= 15 is 0 Å². The van der Waals surface area contributed by atoms with Gasteiger partial charge in [-0.05, 0) is 31.2 Å². The molecule has 2 heterocycles. The molecule has 0 fully saturated rings. The number of hydrogen-bond acceptors (Lipinski definition) is 6. The van der Waals surface area contributed by atoms with Gasteiger partial charge in [-0.1, -0.05) is 0 Å². The first-order valence-corrected chi connectivity index (χ1v) is 8.05. The van der Waals surface area contributed by atoms with E-state index in [0.717, 1.165) is 0 Å². The van der Waals surface area contributed by atoms with Crippen molar-refractivity contribution in [3.05, 3.63) is 48.3 Å². The van der Waals surface area contributed by atoms with Crippen LogP contribution in [0.4, 0.5) is 5.69 Å². The number of pyridine rings is 1. The first-order valence-electron chi connectivity index (χ1n) is 8.05. The van der Waals surface area contributed by atoms with Crippen LogP contribution >= 0.6 is 0 Å². The molecule has 1 aliphatic rings. The molecular formula is C18H18N4O4. The summed E-state index contributed by atoms with van der Waals surface area (Å²) in [6, 6.07) is 8.48. The molecule has 3 rings (SSSR count). The van der Waals surface area contributed by atoms with E-state index in [9.17, 15) is 9.59 Å². The van der Waals surface area contributed by atoms with Gasteiger partial charge in [0.05, 0.1) is 12.0 Å². The number of fused-ring (bicyclic) bond motifs is 1. The second-order valence-electron chi connectivity index (χ2n) is 5.61. The summed E-state index contributed by atoms with van der Waals surface area (Å²) in [7, 11) is 0. The van der Waals surface area contributed by atoms with E-state index in [-0.39, 0.29) is 18.2 Å². The van der Waals surface area contributed by atoms with Crippen molar-refractivity contribution in [2.75, 3.05) is 18.5 Å². The largest absolute Gasteiger partial charge is 0.486 e. The minimum absolute atomic E-state index is 0.0434. The average molecular weight is 354 g/mol. The van der Waals surface area contributed by atoms with Crippen LogP contribution in [0.1, 0.15) is 23.7 Å². The van der Waals surface area contributed by atoms with Gasteiger partial charge in [0.25, 0.3) is 5.91 Å². The number of hydrazone groups is 1. The molecule has 1 aromatic heterocycles. The second-order valence-corrected chi connectivity index (χ2v) is 5.61. The Morgan fingerprint density at radius 1 is 1.19 bits per heavy atom. The molecular weight excluding hydrogens is 336 g/mol. The third-order valence-corrected chi connectivity index (χ3v) is 3.51. The molecule has 2 aromatic rings. The quantitative estimate of drug-likeness (QED) is 0.631. The minimum Gasteiger partial charge on any atom is -0.486 e. The fraction of sp³-hybridized carbons (Fsp3) is 0.222. The van der Waals surface area contributed by atoms with Crippen LogP contribution in [0.3, 0.4) is 0 Å². The van der Waals surface area contributed by atoms with Gasteiger partial charge in [0, 0.05) is 29.9 Å². The van der Waals surface area contributed by atoms with Crippen molar-refractivity contribution in [2.24, 2.45) is 5.10 Å². The molecule has 0 saturated heterocycles. The third-order valence-electron chi connectivity index (χ3n) is 3.51. The Balaban J connectivity index is 1.53. The van der Waals surface area contributed by atoms with Gasteiger partial charge < -0.3 is 14.8 Å². The SMILES string of the molecule is CC(CC(=O)Nc1ccc2c(c1)OCCO2)=NNC(=O)c1cccnc1. The second kappa shape index (κ2) is 8.11. The molecule has 1 aliphatic heterocycles. The highest BCUT2D eigenvalue weighted by Gasteiger charge is 2.13. The zero-order chi connectivity index (χ0) is 18.4. The number of benzene rings is 1. The summed E-state index contributed by atoms with van der Waals surface area (Å²) in [5.74, 6) is 0.622. The summed E-state index contributed by atoms with van der Waals surface area (Å²) in [5, 5.41) is 6.70. The number of ether oxygens (including phenoxy) is 2. The van der Waals surface area contributed by atoms with Crippen LogP contribution in [-0.4, -0.2) is 35.7 Å². The smallest absolute Gasteiger partial charge is 0.272 e. The molecule has 8 heteroatoms. The van der Waals surface area contributed by atoms with E-state index in [0.29, 0.717) is 41.7 Å². The fourth-order valence-corrected chi connectivity index (χ4v) is 2.31. The van der Waals surface area contributed by atoms with Crippen LogP contribution in [0.15, 0.2) is 47.8 Å². The molecule has 26 heavy (non-hydrogen) atoms. The van der Waals surface area contributed by atoms with Gasteiger partial charge in [0.1, 0.15) is 13.2 Å². The van der Waals surface area contributed by atoms with Crippen molar-refractivity contribution in [3.63, 3.8) is 0 Å².